The molecule has 3 heterocycles. The van der Waals surface area contributed by atoms with Crippen LogP contribution in [0.1, 0.15) is 18.1 Å². The van der Waals surface area contributed by atoms with E-state index in [4.69, 9.17) is 9.47 Å². The van der Waals surface area contributed by atoms with Crippen LogP contribution in [0.5, 0.6) is 5.75 Å². The van der Waals surface area contributed by atoms with Crippen molar-refractivity contribution in [3.63, 3.8) is 0 Å². The molecule has 0 saturated carbocycles. The van der Waals surface area contributed by atoms with Gasteiger partial charge in [0.25, 0.3) is 5.56 Å². The molecule has 1 amide bonds. The van der Waals surface area contributed by atoms with Crippen LogP contribution in [0.4, 0.5) is 19.5 Å². The summed E-state index contributed by atoms with van der Waals surface area (Å²) in [6, 6.07) is 10.4. The number of nitrogens with zero attached hydrogens (tertiary/aromatic N) is 6. The molecule has 12 heteroatoms. The Bertz CT molecular complexity index is 1600. The third-order valence-corrected chi connectivity index (χ3v) is 7.21. The molecule has 1 atom stereocenters. The van der Waals surface area contributed by atoms with Gasteiger partial charge in [-0.25, -0.2) is 14.8 Å². The highest BCUT2D eigenvalue weighted by Crippen LogP contribution is 2.27. The van der Waals surface area contributed by atoms with E-state index in [1.807, 2.05) is 30.9 Å². The zero-order chi connectivity index (χ0) is 28.6. The van der Waals surface area contributed by atoms with E-state index in [1.165, 1.54) is 17.9 Å². The Balaban J connectivity index is 1.43. The lowest BCUT2D eigenvalue weighted by atomic mass is 10.1. The van der Waals surface area contributed by atoms with Crippen LogP contribution < -0.4 is 15.2 Å². The number of alkyl halides is 2. The largest absolute Gasteiger partial charge is 0.453 e. The van der Waals surface area contributed by atoms with Crippen molar-refractivity contribution in [2.75, 3.05) is 31.6 Å². The van der Waals surface area contributed by atoms with E-state index in [1.54, 1.807) is 47.2 Å². The number of piperazine rings is 1. The van der Waals surface area contributed by atoms with Crippen molar-refractivity contribution in [2.24, 2.45) is 7.05 Å². The van der Waals surface area contributed by atoms with Crippen molar-refractivity contribution >= 4 is 22.9 Å². The van der Waals surface area contributed by atoms with E-state index in [0.29, 0.717) is 42.0 Å². The van der Waals surface area contributed by atoms with Crippen LogP contribution in [-0.2, 0) is 18.3 Å². The maximum absolute atomic E-state index is 13.0. The van der Waals surface area contributed by atoms with Crippen molar-refractivity contribution in [3.8, 4) is 16.9 Å². The van der Waals surface area contributed by atoms with E-state index in [9.17, 15) is 18.4 Å². The number of rotatable bonds is 6. The van der Waals surface area contributed by atoms with Crippen molar-refractivity contribution in [1.29, 1.82) is 0 Å². The zero-order valence-corrected chi connectivity index (χ0v) is 22.7. The topological polar surface area (TPSA) is 94.7 Å². The lowest BCUT2D eigenvalue weighted by Gasteiger charge is -2.38. The van der Waals surface area contributed by atoms with Crippen molar-refractivity contribution < 1.29 is 23.0 Å². The van der Waals surface area contributed by atoms with Crippen LogP contribution in [0.3, 0.4) is 0 Å². The summed E-state index contributed by atoms with van der Waals surface area (Å²) in [5, 5.41) is 0.505. The average Bonchev–Trinajstić information content (AvgIpc) is 3.18. The zero-order valence-electron chi connectivity index (χ0n) is 22.7. The summed E-state index contributed by atoms with van der Waals surface area (Å²) in [4.78, 5) is 37.7. The molecule has 1 unspecified atom stereocenters. The number of aromatic nitrogens is 4. The average molecular weight is 553 g/mol. The molecule has 1 aliphatic heterocycles. The number of amides is 1. The number of hydrogen-bond donors (Lipinski definition) is 0. The molecule has 2 aromatic heterocycles. The van der Waals surface area contributed by atoms with E-state index in [-0.39, 0.29) is 30.0 Å². The van der Waals surface area contributed by atoms with Crippen LogP contribution in [-0.4, -0.2) is 69.7 Å². The molecule has 0 aliphatic carbocycles. The van der Waals surface area contributed by atoms with Crippen molar-refractivity contribution in [2.45, 2.75) is 33.0 Å². The summed E-state index contributed by atoms with van der Waals surface area (Å²) in [6.45, 7) is 2.68. The first-order valence-electron chi connectivity index (χ1n) is 12.8. The molecule has 2 aromatic carbocycles. The molecule has 1 saturated heterocycles. The highest BCUT2D eigenvalue weighted by Gasteiger charge is 2.29. The highest BCUT2D eigenvalue weighted by molar-refractivity contribution is 5.84. The monoisotopic (exact) mass is 552 g/mol. The molecule has 5 rings (SSSR count). The van der Waals surface area contributed by atoms with E-state index in [0.717, 1.165) is 16.7 Å². The van der Waals surface area contributed by atoms with Gasteiger partial charge in [-0.05, 0) is 37.6 Å². The fraction of sp³-hybridized carbons (Fsp3) is 0.357. The second kappa shape index (κ2) is 10.9. The number of anilines is 1. The fourth-order valence-corrected chi connectivity index (χ4v) is 5.11. The van der Waals surface area contributed by atoms with Gasteiger partial charge in [-0.2, -0.15) is 8.78 Å². The lowest BCUT2D eigenvalue weighted by Crippen LogP contribution is -2.54. The van der Waals surface area contributed by atoms with Crippen LogP contribution in [0.2, 0.25) is 0 Å². The number of fused-ring (bicyclic) bond motifs is 1. The van der Waals surface area contributed by atoms with Crippen LogP contribution in [0.25, 0.3) is 22.0 Å². The Labute approximate surface area is 229 Å². The van der Waals surface area contributed by atoms with E-state index in [2.05, 4.69) is 9.97 Å². The van der Waals surface area contributed by atoms with Crippen LogP contribution in [0, 0.1) is 6.92 Å². The summed E-state index contributed by atoms with van der Waals surface area (Å²) in [5.41, 5.74) is 3.43. The van der Waals surface area contributed by atoms with Gasteiger partial charge in [-0.15, -0.1) is 0 Å². The number of carbonyl (C=O) groups is 1. The molecule has 10 nitrogen and oxygen atoms in total. The summed E-state index contributed by atoms with van der Waals surface area (Å²) in [5.74, 6) is 0.626. The van der Waals surface area contributed by atoms with E-state index < -0.39 is 6.61 Å². The predicted molar refractivity (Wildman–Crippen MR) is 146 cm³/mol. The third-order valence-electron chi connectivity index (χ3n) is 7.21. The number of carbonyl (C=O) groups excluding carboxylic acids is 1. The normalized spacial score (nSPS) is 15.6. The molecule has 40 heavy (non-hydrogen) atoms. The van der Waals surface area contributed by atoms with Crippen molar-refractivity contribution in [3.05, 3.63) is 70.3 Å². The molecule has 1 fully saturated rings. The Morgan fingerprint density at radius 1 is 1.10 bits per heavy atom. The number of ether oxygens (including phenoxy) is 2. The number of hydrogen-bond acceptors (Lipinski definition) is 7. The number of methoxy groups -OCH3 is 1. The van der Waals surface area contributed by atoms with Gasteiger partial charge in [0, 0.05) is 56.2 Å². The minimum Gasteiger partial charge on any atom is -0.453 e. The lowest BCUT2D eigenvalue weighted by molar-refractivity contribution is -0.0505. The Morgan fingerprint density at radius 3 is 2.52 bits per heavy atom. The summed E-state index contributed by atoms with van der Waals surface area (Å²) < 4.78 is 38.9. The highest BCUT2D eigenvalue weighted by atomic mass is 19.3. The Morgan fingerprint density at radius 2 is 1.85 bits per heavy atom. The van der Waals surface area contributed by atoms with Gasteiger partial charge >= 0.3 is 12.7 Å². The predicted octanol–water partition coefficient (Wildman–Crippen LogP) is 4.03. The van der Waals surface area contributed by atoms with Gasteiger partial charge in [0.1, 0.15) is 5.75 Å². The summed E-state index contributed by atoms with van der Waals surface area (Å²) in [6.07, 6.45) is 3.10. The SMILES string of the molecule is COC(=O)N1CCN(c2ncc(-c3ccc4c(=O)n(C)n(Cc5cc(C)ccc5OC(F)F)c4c3)cn2)CC1C. The minimum atomic E-state index is -2.96. The number of benzene rings is 2. The maximum Gasteiger partial charge on any atom is 0.409 e. The standard InChI is InChI=1S/C28H30F2N6O4/c1-17-5-8-24(40-26(29)30)20(11-17)16-36-23-12-19(6-7-22(23)25(37)33(36)3)21-13-31-27(32-14-21)34-9-10-35(18(2)15-34)28(38)39-4/h5-8,11-14,18,26H,9-10,15-16H2,1-4H3. The number of aryl methyl sites for hydroxylation is 1. The second-order valence-electron chi connectivity index (χ2n) is 9.84. The first-order valence-corrected chi connectivity index (χ1v) is 12.8. The summed E-state index contributed by atoms with van der Waals surface area (Å²) >= 11 is 0. The number of halogens is 2. The Kier molecular flexibility index (Phi) is 7.42. The van der Waals surface area contributed by atoms with Crippen LogP contribution in [0.15, 0.2) is 53.6 Å². The molecule has 0 N–H and O–H groups in total. The molecule has 210 valence electrons. The molecule has 0 spiro atoms. The second-order valence-corrected chi connectivity index (χ2v) is 9.84. The quantitative estimate of drug-likeness (QED) is 0.357. The van der Waals surface area contributed by atoms with Crippen LogP contribution >= 0.6 is 0 Å². The molecule has 1 aliphatic rings. The Hall–Kier alpha value is -4.48. The first kappa shape index (κ1) is 27.1. The van der Waals surface area contributed by atoms with E-state index >= 15 is 0 Å². The smallest absolute Gasteiger partial charge is 0.409 e. The minimum absolute atomic E-state index is 0.0540. The molecular weight excluding hydrogens is 522 g/mol. The van der Waals surface area contributed by atoms with Gasteiger partial charge in [-0.3, -0.25) is 14.2 Å². The third kappa shape index (κ3) is 5.21. The first-order chi connectivity index (χ1) is 19.2. The molecular formula is C28H30F2N6O4. The molecule has 0 bridgehead atoms. The molecule has 0 radical (unpaired) electrons. The van der Waals surface area contributed by atoms with Gasteiger partial charge in [0.05, 0.1) is 24.6 Å². The van der Waals surface area contributed by atoms with Gasteiger partial charge in [0.2, 0.25) is 5.95 Å². The van der Waals surface area contributed by atoms with Gasteiger partial charge in [-0.1, -0.05) is 23.8 Å². The molecule has 4 aromatic rings. The maximum atomic E-state index is 13.0. The van der Waals surface area contributed by atoms with Gasteiger partial charge in [0.15, 0.2) is 0 Å². The summed E-state index contributed by atoms with van der Waals surface area (Å²) in [7, 11) is 3.02. The van der Waals surface area contributed by atoms with Crippen molar-refractivity contribution in [1.82, 2.24) is 24.2 Å². The van der Waals surface area contributed by atoms with Gasteiger partial charge < -0.3 is 19.3 Å². The fourth-order valence-electron chi connectivity index (χ4n) is 5.11.